The van der Waals surface area contributed by atoms with Gasteiger partial charge in [-0.2, -0.15) is 4.31 Å². The lowest BCUT2D eigenvalue weighted by molar-refractivity contribution is 0.102. The number of hydrogen-bond acceptors (Lipinski definition) is 3. The molecule has 1 aliphatic rings. The molecule has 0 radical (unpaired) electrons. The molecule has 29 heavy (non-hydrogen) atoms. The van der Waals surface area contributed by atoms with E-state index < -0.39 is 15.9 Å². The topological polar surface area (TPSA) is 66.5 Å². The van der Waals surface area contributed by atoms with Gasteiger partial charge in [-0.15, -0.1) is 0 Å². The summed E-state index contributed by atoms with van der Waals surface area (Å²) < 4.78 is 27.6. The number of nitrogens with one attached hydrogen (secondary N) is 1. The molecule has 2 aromatic carbocycles. The zero-order valence-corrected chi connectivity index (χ0v) is 18.5. The molecule has 0 unspecified atom stereocenters. The number of nitrogens with zero attached hydrogens (tertiary/aromatic N) is 1. The van der Waals surface area contributed by atoms with Gasteiger partial charge in [0.15, 0.2) is 0 Å². The molecule has 156 valence electrons. The van der Waals surface area contributed by atoms with E-state index in [1.165, 1.54) is 16.4 Å². The summed E-state index contributed by atoms with van der Waals surface area (Å²) >= 11 is 11.9. The van der Waals surface area contributed by atoms with E-state index in [1.54, 1.807) is 30.3 Å². The van der Waals surface area contributed by atoms with Crippen molar-refractivity contribution < 1.29 is 13.2 Å². The van der Waals surface area contributed by atoms with Gasteiger partial charge in [0.05, 0.1) is 4.90 Å². The summed E-state index contributed by atoms with van der Waals surface area (Å²) in [4.78, 5) is 12.7. The van der Waals surface area contributed by atoms with Crippen LogP contribution < -0.4 is 5.32 Å². The van der Waals surface area contributed by atoms with Gasteiger partial charge in [-0.25, -0.2) is 8.42 Å². The average Bonchev–Trinajstić information content (AvgIpc) is 2.68. The second kappa shape index (κ2) is 9.47. The van der Waals surface area contributed by atoms with Crippen molar-refractivity contribution in [1.82, 2.24) is 4.31 Å². The number of rotatable bonds is 6. The summed E-state index contributed by atoms with van der Waals surface area (Å²) in [6, 6.07) is 10.8. The first-order valence-corrected chi connectivity index (χ1v) is 11.9. The van der Waals surface area contributed by atoms with Crippen LogP contribution in [0.5, 0.6) is 0 Å². The third kappa shape index (κ3) is 5.51. The molecule has 3 rings (SSSR count). The van der Waals surface area contributed by atoms with E-state index >= 15 is 0 Å². The fourth-order valence-electron chi connectivity index (χ4n) is 3.62. The van der Waals surface area contributed by atoms with E-state index in [1.807, 2.05) is 0 Å². The van der Waals surface area contributed by atoms with Crippen LogP contribution in [0.2, 0.25) is 10.0 Å². The maximum absolute atomic E-state index is 13.0. The van der Waals surface area contributed by atoms with Crippen molar-refractivity contribution in [2.45, 2.75) is 37.5 Å². The van der Waals surface area contributed by atoms with Crippen molar-refractivity contribution in [2.75, 3.05) is 18.4 Å². The summed E-state index contributed by atoms with van der Waals surface area (Å²) in [6.07, 6.45) is 4.01. The van der Waals surface area contributed by atoms with Gasteiger partial charge in [-0.05, 0) is 55.2 Å². The molecule has 1 heterocycles. The van der Waals surface area contributed by atoms with E-state index in [4.69, 9.17) is 23.2 Å². The smallest absolute Gasteiger partial charge is 0.255 e. The Hall–Kier alpha value is -1.60. The van der Waals surface area contributed by atoms with Crippen LogP contribution in [0, 0.1) is 5.92 Å². The summed E-state index contributed by atoms with van der Waals surface area (Å²) in [5.41, 5.74) is 0.696. The Labute approximate surface area is 182 Å². The van der Waals surface area contributed by atoms with Gasteiger partial charge in [-0.3, -0.25) is 4.79 Å². The minimum absolute atomic E-state index is 0.128. The highest BCUT2D eigenvalue weighted by Crippen LogP contribution is 2.27. The molecule has 0 aromatic heterocycles. The first kappa shape index (κ1) is 22.1. The van der Waals surface area contributed by atoms with Crippen molar-refractivity contribution in [3.05, 3.63) is 58.1 Å². The first-order chi connectivity index (χ1) is 13.8. The second-order valence-corrected chi connectivity index (χ2v) is 10.1. The number of benzene rings is 2. The number of carbonyl (C=O) groups is 1. The Balaban J connectivity index is 1.75. The Bertz CT molecular complexity index is 967. The molecule has 0 atom stereocenters. The number of anilines is 1. The maximum atomic E-state index is 13.0. The molecule has 1 amide bonds. The summed E-state index contributed by atoms with van der Waals surface area (Å²) in [5, 5.41) is 3.50. The molecule has 1 aliphatic heterocycles. The molecular formula is C21H24Cl2N2O3S. The summed E-state index contributed by atoms with van der Waals surface area (Å²) in [7, 11) is -3.63. The van der Waals surface area contributed by atoms with Crippen LogP contribution in [0.3, 0.4) is 0 Å². The molecular weight excluding hydrogens is 431 g/mol. The Kier molecular flexibility index (Phi) is 7.22. The average molecular weight is 455 g/mol. The van der Waals surface area contributed by atoms with Crippen molar-refractivity contribution in [3.63, 3.8) is 0 Å². The second-order valence-electron chi connectivity index (χ2n) is 7.28. The number of hydrogen-bond donors (Lipinski definition) is 1. The summed E-state index contributed by atoms with van der Waals surface area (Å²) in [6.45, 7) is 3.19. The number of amides is 1. The molecule has 1 N–H and O–H groups in total. The quantitative estimate of drug-likeness (QED) is 0.630. The molecule has 0 saturated carbocycles. The molecule has 5 nitrogen and oxygen atoms in total. The van der Waals surface area contributed by atoms with E-state index in [-0.39, 0.29) is 10.5 Å². The Morgan fingerprint density at radius 3 is 2.38 bits per heavy atom. The third-order valence-corrected chi connectivity index (χ3v) is 7.46. The summed E-state index contributed by atoms with van der Waals surface area (Å²) in [5.74, 6) is 0.162. The van der Waals surface area contributed by atoms with Crippen LogP contribution >= 0.6 is 23.2 Å². The first-order valence-electron chi connectivity index (χ1n) is 9.67. The molecule has 1 fully saturated rings. The fraction of sp³-hybridized carbons (Fsp3) is 0.381. The predicted octanol–water partition coefficient (Wildman–Crippen LogP) is 5.45. The van der Waals surface area contributed by atoms with Gasteiger partial charge >= 0.3 is 0 Å². The van der Waals surface area contributed by atoms with Gasteiger partial charge in [0.2, 0.25) is 10.0 Å². The predicted molar refractivity (Wildman–Crippen MR) is 117 cm³/mol. The number of sulfonamides is 1. The van der Waals surface area contributed by atoms with Crippen molar-refractivity contribution in [2.24, 2.45) is 5.92 Å². The van der Waals surface area contributed by atoms with Crippen LogP contribution in [-0.4, -0.2) is 31.7 Å². The highest BCUT2D eigenvalue weighted by atomic mass is 35.5. The Morgan fingerprint density at radius 1 is 1.10 bits per heavy atom. The highest BCUT2D eigenvalue weighted by molar-refractivity contribution is 7.89. The van der Waals surface area contributed by atoms with Crippen LogP contribution in [0.1, 0.15) is 43.0 Å². The lowest BCUT2D eigenvalue weighted by Gasteiger charge is -2.31. The molecule has 2 aromatic rings. The van der Waals surface area contributed by atoms with Crippen molar-refractivity contribution >= 4 is 44.8 Å². The fourth-order valence-corrected chi connectivity index (χ4v) is 5.66. The molecule has 0 bridgehead atoms. The van der Waals surface area contributed by atoms with Gasteiger partial charge in [0.1, 0.15) is 0 Å². The molecule has 0 aliphatic carbocycles. The highest BCUT2D eigenvalue weighted by Gasteiger charge is 2.29. The van der Waals surface area contributed by atoms with E-state index in [0.29, 0.717) is 34.7 Å². The minimum Gasteiger partial charge on any atom is -0.322 e. The van der Waals surface area contributed by atoms with Gasteiger partial charge in [0.25, 0.3) is 5.91 Å². The number of piperidine rings is 1. The minimum atomic E-state index is -3.63. The normalized spacial score (nSPS) is 16.0. The van der Waals surface area contributed by atoms with Crippen LogP contribution in [0.4, 0.5) is 5.69 Å². The van der Waals surface area contributed by atoms with Crippen molar-refractivity contribution in [3.8, 4) is 0 Å². The van der Waals surface area contributed by atoms with Crippen LogP contribution in [-0.2, 0) is 10.0 Å². The largest absolute Gasteiger partial charge is 0.322 e. The van der Waals surface area contributed by atoms with E-state index in [9.17, 15) is 13.2 Å². The molecule has 8 heteroatoms. The molecule has 1 saturated heterocycles. The Morgan fingerprint density at radius 2 is 1.76 bits per heavy atom. The number of halogens is 2. The van der Waals surface area contributed by atoms with Gasteiger partial charge in [0, 0.05) is 34.4 Å². The lowest BCUT2D eigenvalue weighted by atomic mass is 9.94. The van der Waals surface area contributed by atoms with Crippen LogP contribution in [0.25, 0.3) is 0 Å². The third-order valence-electron chi connectivity index (χ3n) is 5.12. The van der Waals surface area contributed by atoms with Gasteiger partial charge < -0.3 is 5.32 Å². The lowest BCUT2D eigenvalue weighted by Crippen LogP contribution is -2.38. The maximum Gasteiger partial charge on any atom is 0.255 e. The van der Waals surface area contributed by atoms with Crippen molar-refractivity contribution in [1.29, 1.82) is 0 Å². The standard InChI is InChI=1S/C21H24Cl2N2O3S/c1-2-4-15-7-9-25(10-8-15)29(27,28)20-6-3-5-16(11-20)21(26)24-19-13-17(22)12-18(23)14-19/h3,5-6,11-15H,2,4,7-10H2,1H3,(H,24,26). The van der Waals surface area contributed by atoms with Gasteiger partial charge in [-0.1, -0.05) is 49.0 Å². The zero-order valence-electron chi connectivity index (χ0n) is 16.2. The van der Waals surface area contributed by atoms with E-state index in [0.717, 1.165) is 25.7 Å². The van der Waals surface area contributed by atoms with Crippen LogP contribution in [0.15, 0.2) is 47.4 Å². The zero-order chi connectivity index (χ0) is 21.0. The van der Waals surface area contributed by atoms with E-state index in [2.05, 4.69) is 12.2 Å². The number of carbonyl (C=O) groups excluding carboxylic acids is 1. The monoisotopic (exact) mass is 454 g/mol. The SMILES string of the molecule is CCCC1CCN(S(=O)(=O)c2cccc(C(=O)Nc3cc(Cl)cc(Cl)c3)c2)CC1. The molecule has 0 spiro atoms.